The lowest BCUT2D eigenvalue weighted by Crippen LogP contribution is -2.48. The number of hydrogen-bond acceptors (Lipinski definition) is 6. The molecule has 0 aromatic carbocycles. The smallest absolute Gasteiger partial charge is 0.277 e. The van der Waals surface area contributed by atoms with Crippen LogP contribution in [0.2, 0.25) is 0 Å². The molecule has 1 aliphatic carbocycles. The number of nitrogens with one attached hydrogen (secondary N) is 2. The number of aryl methyl sites for hydroxylation is 1. The molecule has 4 rings (SSSR count). The number of nitrogens with two attached hydrogens (primary N) is 1. The largest absolute Gasteiger partial charge is 0.384 e. The van der Waals surface area contributed by atoms with Crippen LogP contribution in [0.15, 0.2) is 34.9 Å². The number of aromatic nitrogens is 3. The van der Waals surface area contributed by atoms with Crippen molar-refractivity contribution < 1.29 is 4.79 Å². The Balaban J connectivity index is 1.91. The number of fused-ring (bicyclic) bond motifs is 2. The highest BCUT2D eigenvalue weighted by atomic mass is 16.2. The molecule has 2 aromatic heterocycles. The second-order valence-corrected chi connectivity index (χ2v) is 7.33. The highest BCUT2D eigenvalue weighted by Crippen LogP contribution is 2.39. The van der Waals surface area contributed by atoms with Gasteiger partial charge in [-0.3, -0.25) is 14.2 Å². The number of anilines is 3. The third kappa shape index (κ3) is 2.76. The van der Waals surface area contributed by atoms with Gasteiger partial charge in [-0.15, -0.1) is 0 Å². The molecule has 146 valence electrons. The Morgan fingerprint density at radius 2 is 2.11 bits per heavy atom. The molecule has 0 fully saturated rings. The van der Waals surface area contributed by atoms with Gasteiger partial charge in [-0.2, -0.15) is 0 Å². The molecule has 4 N–H and O–H groups in total. The number of carbonyl (C=O) groups excluding carboxylic acids is 1. The van der Waals surface area contributed by atoms with Gasteiger partial charge in [0.2, 0.25) is 0 Å². The Labute approximate surface area is 162 Å². The van der Waals surface area contributed by atoms with E-state index in [9.17, 15) is 9.59 Å². The summed E-state index contributed by atoms with van der Waals surface area (Å²) in [7, 11) is 0. The van der Waals surface area contributed by atoms with Gasteiger partial charge in [0.25, 0.3) is 11.5 Å². The van der Waals surface area contributed by atoms with Gasteiger partial charge in [0.15, 0.2) is 0 Å². The van der Waals surface area contributed by atoms with Crippen LogP contribution in [0.5, 0.6) is 0 Å². The SMILES string of the molecule is CCC1=CCCCCC12NC(=O)c1c(C)cc(Nc3cc(N)ncn3)c(=O)n12. The van der Waals surface area contributed by atoms with Crippen molar-refractivity contribution in [1.29, 1.82) is 0 Å². The quantitative estimate of drug-likeness (QED) is 0.705. The molecule has 2 aliphatic rings. The van der Waals surface area contributed by atoms with Gasteiger partial charge >= 0.3 is 0 Å². The number of rotatable bonds is 3. The molecule has 1 aliphatic heterocycles. The fraction of sp³-hybridized carbons (Fsp3) is 0.400. The maximum absolute atomic E-state index is 13.5. The molecule has 3 heterocycles. The Morgan fingerprint density at radius 3 is 2.86 bits per heavy atom. The van der Waals surface area contributed by atoms with Crippen LogP contribution < -0.4 is 21.9 Å². The predicted octanol–water partition coefficient (Wildman–Crippen LogP) is 2.58. The molecular formula is C20H24N6O2. The molecule has 1 spiro atoms. The number of nitrogens with zero attached hydrogens (tertiary/aromatic N) is 3. The minimum absolute atomic E-state index is 0.200. The second kappa shape index (κ2) is 6.78. The van der Waals surface area contributed by atoms with E-state index in [-0.39, 0.29) is 11.5 Å². The number of carbonyl (C=O) groups is 1. The number of pyridine rings is 1. The maximum Gasteiger partial charge on any atom is 0.277 e. The van der Waals surface area contributed by atoms with Gasteiger partial charge < -0.3 is 16.4 Å². The summed E-state index contributed by atoms with van der Waals surface area (Å²) in [6.45, 7) is 3.90. The Morgan fingerprint density at radius 1 is 1.29 bits per heavy atom. The molecule has 1 unspecified atom stereocenters. The van der Waals surface area contributed by atoms with Crippen molar-refractivity contribution in [2.75, 3.05) is 11.1 Å². The lowest BCUT2D eigenvalue weighted by Gasteiger charge is -2.33. The van der Waals surface area contributed by atoms with Crippen molar-refractivity contribution in [3.05, 3.63) is 51.7 Å². The fourth-order valence-corrected chi connectivity index (χ4v) is 4.33. The molecule has 2 aromatic rings. The summed E-state index contributed by atoms with van der Waals surface area (Å²) in [5, 5.41) is 6.19. The maximum atomic E-state index is 13.5. The molecule has 1 amide bonds. The van der Waals surface area contributed by atoms with Crippen molar-refractivity contribution in [3.63, 3.8) is 0 Å². The summed E-state index contributed by atoms with van der Waals surface area (Å²) in [6.07, 6.45) is 7.93. The minimum atomic E-state index is -0.790. The van der Waals surface area contributed by atoms with Crippen LogP contribution in [0.4, 0.5) is 17.3 Å². The van der Waals surface area contributed by atoms with E-state index in [2.05, 4.69) is 33.6 Å². The highest BCUT2D eigenvalue weighted by Gasteiger charge is 2.46. The van der Waals surface area contributed by atoms with E-state index in [4.69, 9.17) is 5.73 Å². The lowest BCUT2D eigenvalue weighted by atomic mass is 9.93. The Kier molecular flexibility index (Phi) is 4.41. The Hall–Kier alpha value is -3.16. The van der Waals surface area contributed by atoms with Gasteiger partial charge in [-0.25, -0.2) is 9.97 Å². The zero-order valence-electron chi connectivity index (χ0n) is 16.1. The standard InChI is InChI=1S/C20H24N6O2/c1-3-13-7-5-4-6-8-20(13)25-18(27)17-12(2)9-14(19(28)26(17)20)24-16-10-15(21)22-11-23-16/h7,9-11H,3-6,8H2,1-2H3,(H,25,27)(H3,21,22,23,24). The Bertz CT molecular complexity index is 1040. The average Bonchev–Trinajstić information content (AvgIpc) is 2.81. The monoisotopic (exact) mass is 380 g/mol. The van der Waals surface area contributed by atoms with E-state index in [0.29, 0.717) is 29.4 Å². The molecule has 0 bridgehead atoms. The molecule has 0 saturated carbocycles. The van der Waals surface area contributed by atoms with Crippen LogP contribution in [0, 0.1) is 6.92 Å². The van der Waals surface area contributed by atoms with E-state index in [0.717, 1.165) is 36.8 Å². The van der Waals surface area contributed by atoms with Gasteiger partial charge in [-0.05, 0) is 56.2 Å². The van der Waals surface area contributed by atoms with Gasteiger partial charge in [-0.1, -0.05) is 13.0 Å². The summed E-state index contributed by atoms with van der Waals surface area (Å²) in [5.74, 6) is 0.542. The van der Waals surface area contributed by atoms with Crippen molar-refractivity contribution >= 4 is 23.2 Å². The van der Waals surface area contributed by atoms with E-state index < -0.39 is 5.66 Å². The zero-order chi connectivity index (χ0) is 19.9. The van der Waals surface area contributed by atoms with Gasteiger partial charge in [0.05, 0.1) is 0 Å². The minimum Gasteiger partial charge on any atom is -0.384 e. The third-order valence-electron chi connectivity index (χ3n) is 5.56. The van der Waals surface area contributed by atoms with Gasteiger partial charge in [0, 0.05) is 6.07 Å². The second-order valence-electron chi connectivity index (χ2n) is 7.33. The first-order valence-electron chi connectivity index (χ1n) is 9.60. The number of allylic oxidation sites excluding steroid dienone is 1. The predicted molar refractivity (Wildman–Crippen MR) is 107 cm³/mol. The summed E-state index contributed by atoms with van der Waals surface area (Å²) in [6, 6.07) is 3.26. The van der Waals surface area contributed by atoms with Crippen LogP contribution in [0.3, 0.4) is 0 Å². The van der Waals surface area contributed by atoms with E-state index in [1.807, 2.05) is 6.92 Å². The summed E-state index contributed by atoms with van der Waals surface area (Å²) in [4.78, 5) is 34.3. The van der Waals surface area contributed by atoms with Gasteiger partial charge in [0.1, 0.15) is 35.0 Å². The summed E-state index contributed by atoms with van der Waals surface area (Å²) < 4.78 is 1.65. The molecule has 0 radical (unpaired) electrons. The molecule has 0 saturated heterocycles. The summed E-state index contributed by atoms with van der Waals surface area (Å²) >= 11 is 0. The van der Waals surface area contributed by atoms with Crippen LogP contribution >= 0.6 is 0 Å². The molecule has 1 atom stereocenters. The third-order valence-corrected chi connectivity index (χ3v) is 5.56. The van der Waals surface area contributed by atoms with Crippen molar-refractivity contribution in [1.82, 2.24) is 19.9 Å². The first kappa shape index (κ1) is 18.2. The van der Waals surface area contributed by atoms with Crippen LogP contribution in [0.25, 0.3) is 0 Å². The zero-order valence-corrected chi connectivity index (χ0v) is 16.1. The summed E-state index contributed by atoms with van der Waals surface area (Å²) in [5.41, 5.74) is 7.28. The van der Waals surface area contributed by atoms with E-state index >= 15 is 0 Å². The molecular weight excluding hydrogens is 356 g/mol. The number of hydrogen-bond donors (Lipinski definition) is 3. The number of nitrogen functional groups attached to an aromatic ring is 1. The molecule has 8 nitrogen and oxygen atoms in total. The first-order valence-corrected chi connectivity index (χ1v) is 9.60. The van der Waals surface area contributed by atoms with E-state index in [1.165, 1.54) is 6.33 Å². The first-order chi connectivity index (χ1) is 13.5. The van der Waals surface area contributed by atoms with Crippen molar-refractivity contribution in [3.8, 4) is 0 Å². The number of amides is 1. The molecule has 8 heteroatoms. The van der Waals surface area contributed by atoms with Crippen LogP contribution in [-0.4, -0.2) is 20.4 Å². The topological polar surface area (TPSA) is 115 Å². The van der Waals surface area contributed by atoms with Crippen LogP contribution in [-0.2, 0) is 5.66 Å². The molecule has 28 heavy (non-hydrogen) atoms. The van der Waals surface area contributed by atoms with Crippen LogP contribution in [0.1, 0.15) is 55.1 Å². The normalized spacial score (nSPS) is 21.1. The van der Waals surface area contributed by atoms with Crippen molar-refractivity contribution in [2.24, 2.45) is 0 Å². The fourth-order valence-electron chi connectivity index (χ4n) is 4.33. The highest BCUT2D eigenvalue weighted by molar-refractivity contribution is 5.97. The lowest BCUT2D eigenvalue weighted by molar-refractivity contribution is 0.0928. The van der Waals surface area contributed by atoms with E-state index in [1.54, 1.807) is 16.7 Å². The average molecular weight is 380 g/mol. The van der Waals surface area contributed by atoms with Crippen molar-refractivity contribution in [2.45, 2.75) is 51.6 Å².